The number of para-hydroxylation sites is 1. The summed E-state index contributed by atoms with van der Waals surface area (Å²) in [6.45, 7) is 4.16. The molecule has 0 aliphatic rings. The summed E-state index contributed by atoms with van der Waals surface area (Å²) in [5.41, 5.74) is 3.66. The van der Waals surface area contributed by atoms with Crippen molar-refractivity contribution in [1.29, 1.82) is 0 Å². The SMILES string of the molecule is C#CCOc1ccccc1/C=N\NC(=O)c1ccc(OCC=C)cc1. The molecule has 0 aliphatic heterocycles. The normalized spacial score (nSPS) is 10.0. The van der Waals surface area contributed by atoms with Crippen molar-refractivity contribution in [2.75, 3.05) is 13.2 Å². The molecule has 0 aliphatic carbocycles. The minimum atomic E-state index is -0.325. The molecule has 0 saturated heterocycles. The zero-order chi connectivity index (χ0) is 17.9. The number of benzene rings is 2. The van der Waals surface area contributed by atoms with E-state index < -0.39 is 0 Å². The molecular weight excluding hydrogens is 316 g/mol. The lowest BCUT2D eigenvalue weighted by atomic mass is 10.2. The van der Waals surface area contributed by atoms with Crippen LogP contribution >= 0.6 is 0 Å². The van der Waals surface area contributed by atoms with Gasteiger partial charge in [-0.1, -0.05) is 30.7 Å². The second kappa shape index (κ2) is 9.58. The third kappa shape index (κ3) is 5.56. The minimum absolute atomic E-state index is 0.164. The van der Waals surface area contributed by atoms with Gasteiger partial charge < -0.3 is 9.47 Å². The fourth-order valence-electron chi connectivity index (χ4n) is 1.92. The van der Waals surface area contributed by atoms with E-state index in [1.807, 2.05) is 18.2 Å². The Morgan fingerprint density at radius 1 is 1.20 bits per heavy atom. The summed E-state index contributed by atoms with van der Waals surface area (Å²) in [6, 6.07) is 14.0. The van der Waals surface area contributed by atoms with Crippen LogP contribution in [0.25, 0.3) is 0 Å². The zero-order valence-electron chi connectivity index (χ0n) is 13.6. The molecule has 0 fully saturated rings. The quantitative estimate of drug-likeness (QED) is 0.349. The molecule has 0 atom stereocenters. The molecule has 5 nitrogen and oxygen atoms in total. The maximum absolute atomic E-state index is 12.1. The Morgan fingerprint density at radius 2 is 1.96 bits per heavy atom. The van der Waals surface area contributed by atoms with Gasteiger partial charge in [-0.3, -0.25) is 4.79 Å². The van der Waals surface area contributed by atoms with Crippen LogP contribution in [0.3, 0.4) is 0 Å². The van der Waals surface area contributed by atoms with Crippen molar-refractivity contribution in [2.24, 2.45) is 5.10 Å². The first kappa shape index (κ1) is 17.8. The van der Waals surface area contributed by atoms with Gasteiger partial charge in [0.2, 0.25) is 0 Å². The van der Waals surface area contributed by atoms with Crippen molar-refractivity contribution < 1.29 is 14.3 Å². The van der Waals surface area contributed by atoms with E-state index in [2.05, 4.69) is 23.0 Å². The van der Waals surface area contributed by atoms with Crippen LogP contribution in [0.2, 0.25) is 0 Å². The molecule has 0 unspecified atom stereocenters. The minimum Gasteiger partial charge on any atom is -0.490 e. The summed E-state index contributed by atoms with van der Waals surface area (Å²) in [5.74, 6) is 3.34. The average molecular weight is 334 g/mol. The van der Waals surface area contributed by atoms with Gasteiger partial charge in [0.15, 0.2) is 0 Å². The summed E-state index contributed by atoms with van der Waals surface area (Å²) in [5, 5.41) is 3.96. The first-order valence-corrected chi connectivity index (χ1v) is 7.57. The molecule has 0 heterocycles. The van der Waals surface area contributed by atoms with Crippen molar-refractivity contribution >= 4 is 12.1 Å². The molecule has 5 heteroatoms. The van der Waals surface area contributed by atoms with Gasteiger partial charge in [-0.25, -0.2) is 5.43 Å². The van der Waals surface area contributed by atoms with Crippen LogP contribution in [0, 0.1) is 12.3 Å². The fraction of sp³-hybridized carbons (Fsp3) is 0.100. The number of amides is 1. The molecule has 126 valence electrons. The maximum Gasteiger partial charge on any atom is 0.271 e. The molecule has 0 radical (unpaired) electrons. The van der Waals surface area contributed by atoms with Crippen LogP contribution in [0.1, 0.15) is 15.9 Å². The Bertz CT molecular complexity index is 789. The highest BCUT2D eigenvalue weighted by atomic mass is 16.5. The first-order chi connectivity index (χ1) is 12.2. The Morgan fingerprint density at radius 3 is 2.68 bits per heavy atom. The van der Waals surface area contributed by atoms with Crippen LogP contribution in [-0.4, -0.2) is 25.3 Å². The lowest BCUT2D eigenvalue weighted by Gasteiger charge is -2.06. The van der Waals surface area contributed by atoms with E-state index in [9.17, 15) is 4.79 Å². The van der Waals surface area contributed by atoms with Crippen molar-refractivity contribution in [3.8, 4) is 23.8 Å². The molecule has 25 heavy (non-hydrogen) atoms. The van der Waals surface area contributed by atoms with Crippen LogP contribution in [0.15, 0.2) is 66.3 Å². The molecule has 0 bridgehead atoms. The topological polar surface area (TPSA) is 59.9 Å². The van der Waals surface area contributed by atoms with Gasteiger partial charge in [-0.15, -0.1) is 6.42 Å². The molecule has 1 N–H and O–H groups in total. The number of carbonyl (C=O) groups excluding carboxylic acids is 1. The van der Waals surface area contributed by atoms with Gasteiger partial charge in [0.05, 0.1) is 6.21 Å². The number of carbonyl (C=O) groups is 1. The van der Waals surface area contributed by atoms with Gasteiger partial charge >= 0.3 is 0 Å². The number of terminal acetylenes is 1. The van der Waals surface area contributed by atoms with Crippen LogP contribution < -0.4 is 14.9 Å². The Labute approximate surface area is 147 Å². The number of hydrogen-bond acceptors (Lipinski definition) is 4. The van der Waals surface area contributed by atoms with E-state index in [1.54, 1.807) is 36.4 Å². The smallest absolute Gasteiger partial charge is 0.271 e. The predicted molar refractivity (Wildman–Crippen MR) is 98.0 cm³/mol. The van der Waals surface area contributed by atoms with Crippen LogP contribution in [0.4, 0.5) is 0 Å². The highest BCUT2D eigenvalue weighted by Crippen LogP contribution is 2.15. The van der Waals surface area contributed by atoms with Gasteiger partial charge in [0, 0.05) is 11.1 Å². The van der Waals surface area contributed by atoms with E-state index >= 15 is 0 Å². The van der Waals surface area contributed by atoms with Crippen molar-refractivity contribution in [1.82, 2.24) is 5.43 Å². The van der Waals surface area contributed by atoms with E-state index in [4.69, 9.17) is 15.9 Å². The molecule has 0 spiro atoms. The zero-order valence-corrected chi connectivity index (χ0v) is 13.6. The highest BCUT2D eigenvalue weighted by molar-refractivity contribution is 5.95. The Hall–Kier alpha value is -3.52. The number of nitrogens with zero attached hydrogens (tertiary/aromatic N) is 1. The van der Waals surface area contributed by atoms with Crippen molar-refractivity contribution in [2.45, 2.75) is 0 Å². The van der Waals surface area contributed by atoms with Gasteiger partial charge in [-0.2, -0.15) is 5.10 Å². The van der Waals surface area contributed by atoms with Gasteiger partial charge in [-0.05, 0) is 36.4 Å². The summed E-state index contributed by atoms with van der Waals surface area (Å²) < 4.78 is 10.8. The molecule has 0 saturated carbocycles. The number of hydrazone groups is 1. The monoisotopic (exact) mass is 334 g/mol. The lowest BCUT2D eigenvalue weighted by Crippen LogP contribution is -2.17. The Balaban J connectivity index is 1.96. The average Bonchev–Trinajstić information content (AvgIpc) is 2.66. The van der Waals surface area contributed by atoms with E-state index in [0.717, 1.165) is 0 Å². The third-order valence-electron chi connectivity index (χ3n) is 3.08. The largest absolute Gasteiger partial charge is 0.490 e. The number of nitrogens with one attached hydrogen (secondary N) is 1. The standard InChI is InChI=1S/C20H18N2O3/c1-3-13-24-18-11-9-16(10-12-18)20(23)22-21-15-17-7-5-6-8-19(17)25-14-4-2/h2-3,5-12,15H,1,13-14H2,(H,22,23)/b21-15-. The van der Waals surface area contributed by atoms with E-state index in [0.29, 0.717) is 29.2 Å². The maximum atomic E-state index is 12.1. The van der Waals surface area contributed by atoms with Crippen LogP contribution in [-0.2, 0) is 0 Å². The van der Waals surface area contributed by atoms with E-state index in [-0.39, 0.29) is 12.5 Å². The first-order valence-electron chi connectivity index (χ1n) is 7.57. The third-order valence-corrected chi connectivity index (χ3v) is 3.08. The van der Waals surface area contributed by atoms with Crippen LogP contribution in [0.5, 0.6) is 11.5 Å². The molecule has 2 aromatic rings. The molecule has 2 rings (SSSR count). The Kier molecular flexibility index (Phi) is 6.83. The summed E-state index contributed by atoms with van der Waals surface area (Å²) in [7, 11) is 0. The summed E-state index contributed by atoms with van der Waals surface area (Å²) in [6.07, 6.45) is 8.35. The second-order valence-electron chi connectivity index (χ2n) is 4.85. The predicted octanol–water partition coefficient (Wildman–Crippen LogP) is 3.03. The molecule has 2 aromatic carbocycles. The molecular formula is C20H18N2O3. The molecule has 0 aromatic heterocycles. The number of ether oxygens (including phenoxy) is 2. The molecule has 1 amide bonds. The number of rotatable bonds is 8. The summed E-state index contributed by atoms with van der Waals surface area (Å²) in [4.78, 5) is 12.1. The summed E-state index contributed by atoms with van der Waals surface area (Å²) >= 11 is 0. The van der Waals surface area contributed by atoms with E-state index in [1.165, 1.54) is 6.21 Å². The van der Waals surface area contributed by atoms with Crippen molar-refractivity contribution in [3.63, 3.8) is 0 Å². The lowest BCUT2D eigenvalue weighted by molar-refractivity contribution is 0.0955. The highest BCUT2D eigenvalue weighted by Gasteiger charge is 2.05. The second-order valence-corrected chi connectivity index (χ2v) is 4.85. The van der Waals surface area contributed by atoms with Crippen molar-refractivity contribution in [3.05, 3.63) is 72.3 Å². The van der Waals surface area contributed by atoms with Gasteiger partial charge in [0.25, 0.3) is 5.91 Å². The fourth-order valence-corrected chi connectivity index (χ4v) is 1.92. The van der Waals surface area contributed by atoms with Gasteiger partial charge in [0.1, 0.15) is 24.7 Å². The number of hydrogen-bond donors (Lipinski definition) is 1.